The van der Waals surface area contributed by atoms with Gasteiger partial charge >= 0.3 is 0 Å². The standard InChI is InChI=1S/C20H22BrN5O5S/c1-15(16-2-6-18(7-3-16)26(28)29)22-23-20(27)14-24-10-12-25(13-11-24)32(30,31)19-8-4-17(21)5-9-19/h2-9H,10-14H2,1H3,(H,23,27)/b22-15+. The molecule has 0 aromatic heterocycles. The summed E-state index contributed by atoms with van der Waals surface area (Å²) >= 11 is 3.30. The number of sulfonamides is 1. The maximum absolute atomic E-state index is 12.8. The highest BCUT2D eigenvalue weighted by molar-refractivity contribution is 9.10. The number of rotatable bonds is 7. The monoisotopic (exact) mass is 523 g/mol. The van der Waals surface area contributed by atoms with E-state index in [1.54, 1.807) is 43.3 Å². The molecule has 0 saturated carbocycles. The van der Waals surface area contributed by atoms with E-state index in [0.717, 1.165) is 4.47 Å². The SMILES string of the molecule is C/C(=N\NC(=O)CN1CCN(S(=O)(=O)c2ccc(Br)cc2)CC1)c1ccc([N+](=O)[O-])cc1. The zero-order valence-corrected chi connectivity index (χ0v) is 19.7. The highest BCUT2D eigenvalue weighted by atomic mass is 79.9. The van der Waals surface area contributed by atoms with Crippen LogP contribution in [-0.2, 0) is 14.8 Å². The van der Waals surface area contributed by atoms with Crippen LogP contribution in [-0.4, -0.2) is 66.9 Å². The molecule has 170 valence electrons. The molecule has 10 nitrogen and oxygen atoms in total. The molecule has 0 atom stereocenters. The molecule has 12 heteroatoms. The van der Waals surface area contributed by atoms with Gasteiger partial charge in [-0.05, 0) is 48.9 Å². The van der Waals surface area contributed by atoms with Gasteiger partial charge in [-0.15, -0.1) is 0 Å². The quantitative estimate of drug-likeness (QED) is 0.337. The van der Waals surface area contributed by atoms with Gasteiger partial charge in [0.15, 0.2) is 0 Å². The topological polar surface area (TPSA) is 125 Å². The molecule has 1 aliphatic rings. The summed E-state index contributed by atoms with van der Waals surface area (Å²) in [6.07, 6.45) is 0. The van der Waals surface area contributed by atoms with Gasteiger partial charge in [-0.1, -0.05) is 15.9 Å². The molecule has 1 fully saturated rings. The molecule has 0 bridgehead atoms. The van der Waals surface area contributed by atoms with Gasteiger partial charge in [0.25, 0.3) is 11.6 Å². The predicted octanol–water partition coefficient (Wildman–Crippen LogP) is 2.20. The molecule has 2 aromatic carbocycles. The Hall–Kier alpha value is -2.67. The molecule has 0 radical (unpaired) electrons. The lowest BCUT2D eigenvalue weighted by Crippen LogP contribution is -2.50. The number of benzene rings is 2. The van der Waals surface area contributed by atoms with Gasteiger partial charge < -0.3 is 0 Å². The predicted molar refractivity (Wildman–Crippen MR) is 123 cm³/mol. The first-order chi connectivity index (χ1) is 15.2. The van der Waals surface area contributed by atoms with Crippen LogP contribution < -0.4 is 5.43 Å². The smallest absolute Gasteiger partial charge is 0.269 e. The van der Waals surface area contributed by atoms with Crippen molar-refractivity contribution in [1.29, 1.82) is 0 Å². The Kier molecular flexibility index (Phi) is 7.72. The third-order valence-electron chi connectivity index (χ3n) is 4.99. The first-order valence-corrected chi connectivity index (χ1v) is 12.0. The average Bonchev–Trinajstić information content (AvgIpc) is 2.78. The lowest BCUT2D eigenvalue weighted by Gasteiger charge is -2.33. The number of carbonyl (C=O) groups is 1. The van der Waals surface area contributed by atoms with Crippen molar-refractivity contribution in [1.82, 2.24) is 14.6 Å². The van der Waals surface area contributed by atoms with E-state index in [9.17, 15) is 23.3 Å². The fourth-order valence-electron chi connectivity index (χ4n) is 3.16. The molecule has 0 spiro atoms. The normalized spacial score (nSPS) is 16.0. The van der Waals surface area contributed by atoms with Crippen LogP contribution in [0, 0.1) is 10.1 Å². The van der Waals surface area contributed by atoms with Gasteiger partial charge in [-0.25, -0.2) is 13.8 Å². The summed E-state index contributed by atoms with van der Waals surface area (Å²) in [6, 6.07) is 12.4. The van der Waals surface area contributed by atoms with E-state index in [-0.39, 0.29) is 36.1 Å². The molecule has 1 aliphatic heterocycles. The highest BCUT2D eigenvalue weighted by Gasteiger charge is 2.29. The highest BCUT2D eigenvalue weighted by Crippen LogP contribution is 2.20. The van der Waals surface area contributed by atoms with Gasteiger partial charge in [0, 0.05) is 42.8 Å². The zero-order valence-electron chi connectivity index (χ0n) is 17.3. The van der Waals surface area contributed by atoms with E-state index in [1.165, 1.54) is 16.4 Å². The van der Waals surface area contributed by atoms with Crippen molar-refractivity contribution >= 4 is 43.3 Å². The number of halogens is 1. The van der Waals surface area contributed by atoms with Crippen LogP contribution in [0.5, 0.6) is 0 Å². The summed E-state index contributed by atoms with van der Waals surface area (Å²) < 4.78 is 27.7. The Labute approximate surface area is 194 Å². The Morgan fingerprint density at radius 2 is 1.69 bits per heavy atom. The Morgan fingerprint density at radius 3 is 2.25 bits per heavy atom. The molecule has 1 saturated heterocycles. The summed E-state index contributed by atoms with van der Waals surface area (Å²) in [5, 5.41) is 14.8. The molecule has 0 unspecified atom stereocenters. The van der Waals surface area contributed by atoms with E-state index in [1.807, 2.05) is 4.90 Å². The van der Waals surface area contributed by atoms with E-state index < -0.39 is 14.9 Å². The number of hydrazone groups is 1. The van der Waals surface area contributed by atoms with Gasteiger partial charge in [0.2, 0.25) is 10.0 Å². The molecule has 0 aliphatic carbocycles. The van der Waals surface area contributed by atoms with Crippen LogP contribution in [0.1, 0.15) is 12.5 Å². The molecular formula is C20H22BrN5O5S. The number of nitro groups is 1. The number of non-ortho nitro benzene ring substituents is 1. The largest absolute Gasteiger partial charge is 0.292 e. The van der Waals surface area contributed by atoms with E-state index in [4.69, 9.17) is 0 Å². The molecular weight excluding hydrogens is 502 g/mol. The van der Waals surface area contributed by atoms with Crippen molar-refractivity contribution in [3.63, 3.8) is 0 Å². The van der Waals surface area contributed by atoms with E-state index >= 15 is 0 Å². The number of nitro benzene ring substituents is 1. The van der Waals surface area contributed by atoms with Gasteiger partial charge in [0.1, 0.15) is 0 Å². The van der Waals surface area contributed by atoms with Gasteiger partial charge in [-0.2, -0.15) is 9.41 Å². The van der Waals surface area contributed by atoms with Crippen LogP contribution in [0.3, 0.4) is 0 Å². The number of nitrogens with zero attached hydrogens (tertiary/aromatic N) is 4. The number of amides is 1. The van der Waals surface area contributed by atoms with Gasteiger partial charge in [-0.3, -0.25) is 19.8 Å². The maximum atomic E-state index is 12.8. The summed E-state index contributed by atoms with van der Waals surface area (Å²) in [4.78, 5) is 24.6. The van der Waals surface area contributed by atoms with Crippen molar-refractivity contribution in [2.75, 3.05) is 32.7 Å². The van der Waals surface area contributed by atoms with E-state index in [0.29, 0.717) is 24.4 Å². The Balaban J connectivity index is 1.50. The van der Waals surface area contributed by atoms with Crippen molar-refractivity contribution in [3.05, 3.63) is 68.7 Å². The number of carbonyl (C=O) groups excluding carboxylic acids is 1. The fourth-order valence-corrected chi connectivity index (χ4v) is 4.84. The number of hydrogen-bond donors (Lipinski definition) is 1. The van der Waals surface area contributed by atoms with Crippen molar-refractivity contribution in [2.24, 2.45) is 5.10 Å². The van der Waals surface area contributed by atoms with Crippen LogP contribution >= 0.6 is 15.9 Å². The Bertz CT molecular complexity index is 1110. The second-order valence-electron chi connectivity index (χ2n) is 7.17. The van der Waals surface area contributed by atoms with Crippen LogP contribution in [0.2, 0.25) is 0 Å². The number of hydrogen-bond acceptors (Lipinski definition) is 7. The summed E-state index contributed by atoms with van der Waals surface area (Å²) in [6.45, 7) is 3.20. The van der Waals surface area contributed by atoms with E-state index in [2.05, 4.69) is 26.5 Å². The maximum Gasteiger partial charge on any atom is 0.269 e. The minimum Gasteiger partial charge on any atom is -0.292 e. The van der Waals surface area contributed by atoms with Crippen molar-refractivity contribution in [2.45, 2.75) is 11.8 Å². The molecule has 32 heavy (non-hydrogen) atoms. The third-order valence-corrected chi connectivity index (χ3v) is 7.44. The lowest BCUT2D eigenvalue weighted by atomic mass is 10.1. The fraction of sp³-hybridized carbons (Fsp3) is 0.300. The van der Waals surface area contributed by atoms with Crippen molar-refractivity contribution in [3.8, 4) is 0 Å². The minimum atomic E-state index is -3.57. The second kappa shape index (κ2) is 10.3. The summed E-state index contributed by atoms with van der Waals surface area (Å²) in [7, 11) is -3.57. The minimum absolute atomic E-state index is 0.0214. The second-order valence-corrected chi connectivity index (χ2v) is 10.0. The number of piperazine rings is 1. The average molecular weight is 524 g/mol. The number of nitrogens with one attached hydrogen (secondary N) is 1. The first-order valence-electron chi connectivity index (χ1n) is 9.73. The lowest BCUT2D eigenvalue weighted by molar-refractivity contribution is -0.384. The third kappa shape index (κ3) is 5.97. The van der Waals surface area contributed by atoms with Crippen LogP contribution in [0.25, 0.3) is 0 Å². The zero-order chi connectivity index (χ0) is 23.3. The first kappa shape index (κ1) is 24.0. The molecule has 3 rings (SSSR count). The van der Waals surface area contributed by atoms with Crippen molar-refractivity contribution < 1.29 is 18.1 Å². The van der Waals surface area contributed by atoms with Crippen LogP contribution in [0.15, 0.2) is 63.0 Å². The molecule has 2 aromatic rings. The van der Waals surface area contributed by atoms with Crippen LogP contribution in [0.4, 0.5) is 5.69 Å². The molecule has 1 amide bonds. The molecule has 1 heterocycles. The molecule has 1 N–H and O–H groups in total. The van der Waals surface area contributed by atoms with Gasteiger partial charge in [0.05, 0.1) is 22.1 Å². The summed E-state index contributed by atoms with van der Waals surface area (Å²) in [5.74, 6) is -0.324. The Morgan fingerprint density at radius 1 is 1.09 bits per heavy atom. The summed E-state index contributed by atoms with van der Waals surface area (Å²) in [5.41, 5.74) is 3.62.